The lowest BCUT2D eigenvalue weighted by molar-refractivity contribution is -0.141. The molecule has 0 spiro atoms. The zero-order chi connectivity index (χ0) is 25.2. The number of fused-ring (bicyclic) bond motifs is 1. The highest BCUT2D eigenvalue weighted by Crippen LogP contribution is 2.37. The average Bonchev–Trinajstić information content (AvgIpc) is 3.33. The smallest absolute Gasteiger partial charge is 0.303 e. The number of H-pyrrole nitrogens is 1. The summed E-state index contributed by atoms with van der Waals surface area (Å²) in [5.41, 5.74) is 3.27. The Bertz CT molecular complexity index is 1550. The van der Waals surface area contributed by atoms with Crippen LogP contribution < -0.4 is 5.56 Å². The minimum Gasteiger partial charge on any atom is -0.481 e. The molecule has 0 radical (unpaired) electrons. The van der Waals surface area contributed by atoms with Crippen LogP contribution in [0.3, 0.4) is 0 Å². The van der Waals surface area contributed by atoms with Crippen molar-refractivity contribution >= 4 is 40.1 Å². The van der Waals surface area contributed by atoms with E-state index in [1.54, 1.807) is 36.7 Å². The van der Waals surface area contributed by atoms with Crippen molar-refractivity contribution in [3.8, 4) is 11.1 Å². The van der Waals surface area contributed by atoms with Crippen LogP contribution in [0, 0.1) is 0 Å². The first-order valence-corrected chi connectivity index (χ1v) is 11.7. The van der Waals surface area contributed by atoms with Gasteiger partial charge in [0.25, 0.3) is 5.56 Å². The van der Waals surface area contributed by atoms with Gasteiger partial charge in [-0.25, -0.2) is 5.01 Å². The third-order valence-electron chi connectivity index (χ3n) is 6.12. The van der Waals surface area contributed by atoms with Gasteiger partial charge in [0.15, 0.2) is 0 Å². The van der Waals surface area contributed by atoms with Gasteiger partial charge < -0.3 is 10.1 Å². The summed E-state index contributed by atoms with van der Waals surface area (Å²) >= 11 is 6.33. The summed E-state index contributed by atoms with van der Waals surface area (Å²) in [7, 11) is 0. The predicted octanol–water partition coefficient (Wildman–Crippen LogP) is 4.79. The number of rotatable bonds is 6. The summed E-state index contributed by atoms with van der Waals surface area (Å²) in [6.07, 6.45) is 3.01. The first-order valence-electron chi connectivity index (χ1n) is 11.3. The summed E-state index contributed by atoms with van der Waals surface area (Å²) in [6, 6.07) is 17.8. The minimum absolute atomic E-state index is 0.210. The van der Waals surface area contributed by atoms with Gasteiger partial charge in [0, 0.05) is 46.7 Å². The van der Waals surface area contributed by atoms with Crippen molar-refractivity contribution in [2.45, 2.75) is 25.3 Å². The fraction of sp³-hybridized carbons (Fsp3) is 0.148. The largest absolute Gasteiger partial charge is 0.481 e. The maximum Gasteiger partial charge on any atom is 0.303 e. The Balaban J connectivity index is 1.70. The van der Waals surface area contributed by atoms with Crippen LogP contribution >= 0.6 is 11.6 Å². The molecule has 1 aliphatic heterocycles. The van der Waals surface area contributed by atoms with E-state index in [1.165, 1.54) is 5.01 Å². The standard InChI is InChI=1S/C27H21ClN4O4/c28-18-8-9-20-19(13-18)25(16-5-2-1-3-6-16)26(27(36)30-20)21-14-22(17-7-4-12-29-15-17)32(31-21)23(33)10-11-24(34)35/h1-9,12-13,15,22H,10-11,14H2,(H,30,36)(H,34,35)/t22-/m1/s1. The maximum absolute atomic E-state index is 13.5. The quantitative estimate of drug-likeness (QED) is 0.395. The molecule has 2 aromatic heterocycles. The Morgan fingerprint density at radius 3 is 2.58 bits per heavy atom. The molecule has 1 atom stereocenters. The number of halogens is 1. The van der Waals surface area contributed by atoms with E-state index >= 15 is 0 Å². The van der Waals surface area contributed by atoms with E-state index in [0.717, 1.165) is 16.5 Å². The number of aromatic nitrogens is 2. The number of carbonyl (C=O) groups excluding carboxylic acids is 1. The van der Waals surface area contributed by atoms with Gasteiger partial charge in [-0.2, -0.15) is 5.10 Å². The Labute approximate surface area is 210 Å². The van der Waals surface area contributed by atoms with Crippen molar-refractivity contribution in [2.24, 2.45) is 5.10 Å². The number of carbonyl (C=O) groups is 2. The number of amides is 1. The van der Waals surface area contributed by atoms with E-state index < -0.39 is 17.9 Å². The molecule has 1 aliphatic rings. The Morgan fingerprint density at radius 2 is 1.86 bits per heavy atom. The Hall–Kier alpha value is -4.30. The van der Waals surface area contributed by atoms with Gasteiger partial charge in [0.05, 0.1) is 23.7 Å². The minimum atomic E-state index is -1.07. The number of hydrogen-bond donors (Lipinski definition) is 2. The summed E-state index contributed by atoms with van der Waals surface area (Å²) in [5, 5.41) is 16.2. The molecule has 2 N–H and O–H groups in total. The number of aromatic amines is 1. The first kappa shape index (κ1) is 23.4. The first-order chi connectivity index (χ1) is 17.4. The number of aliphatic carboxylic acids is 1. The SMILES string of the molecule is O=C(O)CCC(=O)N1N=C(c2c(-c3ccccc3)c3cc(Cl)ccc3[nH]c2=O)C[C@@H]1c1cccnc1. The Morgan fingerprint density at radius 1 is 1.06 bits per heavy atom. The molecule has 0 unspecified atom stereocenters. The second-order valence-corrected chi connectivity index (χ2v) is 8.88. The van der Waals surface area contributed by atoms with Gasteiger partial charge >= 0.3 is 5.97 Å². The molecular formula is C27H21ClN4O4. The van der Waals surface area contributed by atoms with E-state index in [-0.39, 0.29) is 24.8 Å². The number of pyridine rings is 2. The van der Waals surface area contributed by atoms with Crippen LogP contribution in [0.4, 0.5) is 0 Å². The summed E-state index contributed by atoms with van der Waals surface area (Å²) in [6.45, 7) is 0. The zero-order valence-electron chi connectivity index (χ0n) is 19.0. The fourth-order valence-electron chi connectivity index (χ4n) is 4.50. The van der Waals surface area contributed by atoms with E-state index in [0.29, 0.717) is 27.4 Å². The van der Waals surface area contributed by atoms with Crippen LogP contribution in [-0.2, 0) is 9.59 Å². The molecule has 0 fully saturated rings. The van der Waals surface area contributed by atoms with Crippen molar-refractivity contribution in [2.75, 3.05) is 0 Å². The second-order valence-electron chi connectivity index (χ2n) is 8.45. The highest BCUT2D eigenvalue weighted by atomic mass is 35.5. The third kappa shape index (κ3) is 4.50. The van der Waals surface area contributed by atoms with E-state index in [2.05, 4.69) is 15.1 Å². The number of carboxylic acid groups (broad SMARTS) is 1. The Kier molecular flexibility index (Phi) is 6.35. The van der Waals surface area contributed by atoms with E-state index in [1.807, 2.05) is 36.4 Å². The lowest BCUT2D eigenvalue weighted by atomic mass is 9.91. The molecule has 2 aromatic carbocycles. The molecule has 4 aromatic rings. The van der Waals surface area contributed by atoms with Gasteiger partial charge in [-0.1, -0.05) is 48.0 Å². The number of nitrogens with zero attached hydrogens (tertiary/aromatic N) is 3. The number of carboxylic acids is 1. The van der Waals surface area contributed by atoms with Crippen LogP contribution in [0.5, 0.6) is 0 Å². The molecule has 3 heterocycles. The summed E-state index contributed by atoms with van der Waals surface area (Å²) in [5.74, 6) is -1.51. The molecule has 8 nitrogen and oxygen atoms in total. The monoisotopic (exact) mass is 500 g/mol. The molecule has 0 saturated heterocycles. The number of hydrazone groups is 1. The van der Waals surface area contributed by atoms with Gasteiger partial charge in [-0.15, -0.1) is 0 Å². The van der Waals surface area contributed by atoms with Crippen LogP contribution in [0.25, 0.3) is 22.0 Å². The van der Waals surface area contributed by atoms with Crippen molar-refractivity contribution in [3.63, 3.8) is 0 Å². The van der Waals surface area contributed by atoms with Crippen molar-refractivity contribution in [3.05, 3.63) is 99.6 Å². The summed E-state index contributed by atoms with van der Waals surface area (Å²) in [4.78, 5) is 44.7. The highest BCUT2D eigenvalue weighted by molar-refractivity contribution is 6.31. The van der Waals surface area contributed by atoms with Gasteiger partial charge in [-0.3, -0.25) is 19.4 Å². The molecule has 0 aliphatic carbocycles. The molecule has 0 bridgehead atoms. The number of hydrogen-bond acceptors (Lipinski definition) is 5. The highest BCUT2D eigenvalue weighted by Gasteiger charge is 2.35. The van der Waals surface area contributed by atoms with Crippen molar-refractivity contribution in [1.82, 2.24) is 15.0 Å². The van der Waals surface area contributed by atoms with Gasteiger partial charge in [-0.05, 0) is 35.4 Å². The predicted molar refractivity (Wildman–Crippen MR) is 137 cm³/mol. The second kappa shape index (κ2) is 9.75. The number of nitrogens with one attached hydrogen (secondary N) is 1. The molecular weight excluding hydrogens is 480 g/mol. The van der Waals surface area contributed by atoms with Crippen LogP contribution in [-0.4, -0.2) is 37.7 Å². The summed E-state index contributed by atoms with van der Waals surface area (Å²) < 4.78 is 0. The lowest BCUT2D eigenvalue weighted by Crippen LogP contribution is -2.27. The molecule has 1 amide bonds. The molecule has 0 saturated carbocycles. The van der Waals surface area contributed by atoms with E-state index in [9.17, 15) is 14.4 Å². The third-order valence-corrected chi connectivity index (χ3v) is 6.35. The van der Waals surface area contributed by atoms with Crippen LogP contribution in [0.15, 0.2) is 83.0 Å². The van der Waals surface area contributed by atoms with Gasteiger partial charge in [0.1, 0.15) is 0 Å². The average molecular weight is 501 g/mol. The van der Waals surface area contributed by atoms with Crippen LogP contribution in [0.2, 0.25) is 5.02 Å². The fourth-order valence-corrected chi connectivity index (χ4v) is 4.67. The van der Waals surface area contributed by atoms with Gasteiger partial charge in [0.2, 0.25) is 5.91 Å². The zero-order valence-corrected chi connectivity index (χ0v) is 19.8. The molecule has 9 heteroatoms. The molecule has 36 heavy (non-hydrogen) atoms. The number of benzene rings is 2. The normalized spacial score (nSPS) is 15.2. The molecule has 5 rings (SSSR count). The van der Waals surface area contributed by atoms with Crippen LogP contribution in [0.1, 0.15) is 36.4 Å². The lowest BCUT2D eigenvalue weighted by Gasteiger charge is -2.21. The maximum atomic E-state index is 13.5. The van der Waals surface area contributed by atoms with Crippen molar-refractivity contribution < 1.29 is 14.7 Å². The topological polar surface area (TPSA) is 116 Å². The van der Waals surface area contributed by atoms with Crippen molar-refractivity contribution in [1.29, 1.82) is 0 Å². The molecule has 180 valence electrons. The van der Waals surface area contributed by atoms with E-state index in [4.69, 9.17) is 16.7 Å².